The van der Waals surface area contributed by atoms with Crippen molar-refractivity contribution in [3.05, 3.63) is 35.4 Å². The second kappa shape index (κ2) is 4.12. The zero-order valence-corrected chi connectivity index (χ0v) is 10.4. The SMILES string of the molecule is Cc1ccc(CN2C(=O)CN3C(=O)CCC32)cc1. The Morgan fingerprint density at radius 2 is 1.89 bits per heavy atom. The van der Waals surface area contributed by atoms with Gasteiger partial charge in [0.1, 0.15) is 12.7 Å². The molecule has 2 fully saturated rings. The normalized spacial score (nSPS) is 22.8. The maximum absolute atomic E-state index is 11.9. The first-order valence-electron chi connectivity index (χ1n) is 6.29. The van der Waals surface area contributed by atoms with E-state index >= 15 is 0 Å². The van der Waals surface area contributed by atoms with Crippen LogP contribution in [0.1, 0.15) is 24.0 Å². The lowest BCUT2D eigenvalue weighted by Crippen LogP contribution is -2.36. The topological polar surface area (TPSA) is 40.6 Å². The van der Waals surface area contributed by atoms with Crippen LogP contribution in [0.5, 0.6) is 0 Å². The molecule has 94 valence electrons. The molecule has 0 aromatic heterocycles. The second-order valence-electron chi connectivity index (χ2n) is 5.05. The fourth-order valence-electron chi connectivity index (χ4n) is 2.72. The lowest BCUT2D eigenvalue weighted by Gasteiger charge is -2.24. The molecular formula is C14H16N2O2. The van der Waals surface area contributed by atoms with E-state index in [1.807, 2.05) is 36.1 Å². The molecule has 0 spiro atoms. The largest absolute Gasteiger partial charge is 0.316 e. The summed E-state index contributed by atoms with van der Waals surface area (Å²) >= 11 is 0. The van der Waals surface area contributed by atoms with Crippen LogP contribution in [0.25, 0.3) is 0 Å². The van der Waals surface area contributed by atoms with E-state index in [1.165, 1.54) is 5.56 Å². The van der Waals surface area contributed by atoms with Crippen LogP contribution in [0.2, 0.25) is 0 Å². The lowest BCUT2D eigenvalue weighted by molar-refractivity contribution is -0.130. The first-order valence-corrected chi connectivity index (χ1v) is 6.29. The highest BCUT2D eigenvalue weighted by Gasteiger charge is 2.44. The molecule has 2 amide bonds. The molecule has 2 heterocycles. The third-order valence-corrected chi connectivity index (χ3v) is 3.76. The summed E-state index contributed by atoms with van der Waals surface area (Å²) in [5.41, 5.74) is 2.33. The van der Waals surface area contributed by atoms with Crippen molar-refractivity contribution in [3.63, 3.8) is 0 Å². The Morgan fingerprint density at radius 3 is 2.61 bits per heavy atom. The molecule has 18 heavy (non-hydrogen) atoms. The zero-order valence-electron chi connectivity index (χ0n) is 10.4. The molecule has 0 N–H and O–H groups in total. The molecule has 2 saturated heterocycles. The van der Waals surface area contributed by atoms with Gasteiger partial charge in [0.25, 0.3) is 0 Å². The van der Waals surface area contributed by atoms with Crippen molar-refractivity contribution in [2.45, 2.75) is 32.5 Å². The number of hydrogen-bond acceptors (Lipinski definition) is 2. The predicted octanol–water partition coefficient (Wildman–Crippen LogP) is 1.29. The first-order chi connectivity index (χ1) is 8.65. The Balaban J connectivity index is 1.78. The summed E-state index contributed by atoms with van der Waals surface area (Å²) in [6.07, 6.45) is 1.34. The molecule has 1 unspecified atom stereocenters. The molecule has 1 aromatic carbocycles. The molecular weight excluding hydrogens is 228 g/mol. The number of carbonyl (C=O) groups excluding carboxylic acids is 2. The maximum Gasteiger partial charge on any atom is 0.244 e. The highest BCUT2D eigenvalue weighted by Crippen LogP contribution is 2.28. The number of rotatable bonds is 2. The van der Waals surface area contributed by atoms with E-state index < -0.39 is 0 Å². The van der Waals surface area contributed by atoms with Gasteiger partial charge >= 0.3 is 0 Å². The van der Waals surface area contributed by atoms with E-state index in [2.05, 4.69) is 0 Å². The minimum atomic E-state index is -0.00805. The van der Waals surface area contributed by atoms with Crippen LogP contribution >= 0.6 is 0 Å². The van der Waals surface area contributed by atoms with Crippen molar-refractivity contribution < 1.29 is 9.59 Å². The molecule has 0 aliphatic carbocycles. The van der Waals surface area contributed by atoms with Crippen molar-refractivity contribution in [3.8, 4) is 0 Å². The van der Waals surface area contributed by atoms with Crippen molar-refractivity contribution in [1.82, 2.24) is 9.80 Å². The van der Waals surface area contributed by atoms with Gasteiger partial charge in [-0.1, -0.05) is 29.8 Å². The van der Waals surface area contributed by atoms with Crippen LogP contribution in [-0.4, -0.2) is 34.3 Å². The molecule has 0 bridgehead atoms. The number of nitrogens with zero attached hydrogens (tertiary/aromatic N) is 2. The van der Waals surface area contributed by atoms with Crippen molar-refractivity contribution in [1.29, 1.82) is 0 Å². The first kappa shape index (κ1) is 11.3. The monoisotopic (exact) mass is 244 g/mol. The van der Waals surface area contributed by atoms with Crippen molar-refractivity contribution in [2.24, 2.45) is 0 Å². The quantitative estimate of drug-likeness (QED) is 0.786. The van der Waals surface area contributed by atoms with Gasteiger partial charge in [-0.2, -0.15) is 0 Å². The summed E-state index contributed by atoms with van der Waals surface area (Å²) in [7, 11) is 0. The van der Waals surface area contributed by atoms with Crippen molar-refractivity contribution >= 4 is 11.8 Å². The standard InChI is InChI=1S/C14H16N2O2/c1-10-2-4-11(5-3-10)8-15-12-6-7-13(17)16(12)9-14(15)18/h2-5,12H,6-9H2,1H3. The molecule has 4 heteroatoms. The van der Waals surface area contributed by atoms with Crippen LogP contribution in [0, 0.1) is 6.92 Å². The Labute approximate surface area is 106 Å². The number of fused-ring (bicyclic) bond motifs is 1. The van der Waals surface area contributed by atoms with Crippen LogP contribution in [0.15, 0.2) is 24.3 Å². The van der Waals surface area contributed by atoms with Gasteiger partial charge in [0.2, 0.25) is 11.8 Å². The van der Waals surface area contributed by atoms with E-state index in [-0.39, 0.29) is 24.5 Å². The van der Waals surface area contributed by atoms with Gasteiger partial charge in [0.15, 0.2) is 0 Å². The summed E-state index contributed by atoms with van der Waals surface area (Å²) in [5, 5.41) is 0. The summed E-state index contributed by atoms with van der Waals surface area (Å²) in [4.78, 5) is 27.1. The minimum absolute atomic E-state index is 0.00805. The number of carbonyl (C=O) groups is 2. The minimum Gasteiger partial charge on any atom is -0.316 e. The molecule has 2 aliphatic heterocycles. The number of hydrogen-bond donors (Lipinski definition) is 0. The van der Waals surface area contributed by atoms with Gasteiger partial charge in [-0.15, -0.1) is 0 Å². The van der Waals surface area contributed by atoms with Crippen LogP contribution < -0.4 is 0 Å². The molecule has 4 nitrogen and oxygen atoms in total. The third-order valence-electron chi connectivity index (χ3n) is 3.76. The van der Waals surface area contributed by atoms with Gasteiger partial charge in [0, 0.05) is 13.0 Å². The maximum atomic E-state index is 11.9. The fourth-order valence-corrected chi connectivity index (χ4v) is 2.72. The average molecular weight is 244 g/mol. The van der Waals surface area contributed by atoms with E-state index in [4.69, 9.17) is 0 Å². The third kappa shape index (κ3) is 1.78. The molecule has 2 aliphatic rings. The van der Waals surface area contributed by atoms with Gasteiger partial charge in [-0.05, 0) is 18.9 Å². The summed E-state index contributed by atoms with van der Waals surface area (Å²) in [6.45, 7) is 2.91. The summed E-state index contributed by atoms with van der Waals surface area (Å²) in [6, 6.07) is 8.19. The smallest absolute Gasteiger partial charge is 0.244 e. The lowest BCUT2D eigenvalue weighted by atomic mass is 10.1. The molecule has 1 aromatic rings. The van der Waals surface area contributed by atoms with Gasteiger partial charge in [0.05, 0.1) is 0 Å². The molecule has 1 atom stereocenters. The second-order valence-corrected chi connectivity index (χ2v) is 5.05. The Morgan fingerprint density at radius 1 is 1.17 bits per heavy atom. The van der Waals surface area contributed by atoms with E-state index in [1.54, 1.807) is 4.90 Å². The highest BCUT2D eigenvalue weighted by atomic mass is 16.2. The highest BCUT2D eigenvalue weighted by molar-refractivity contribution is 5.90. The Bertz CT molecular complexity index is 495. The van der Waals surface area contributed by atoms with E-state index in [9.17, 15) is 9.59 Å². The van der Waals surface area contributed by atoms with Gasteiger partial charge < -0.3 is 9.80 Å². The molecule has 0 saturated carbocycles. The van der Waals surface area contributed by atoms with Gasteiger partial charge in [-0.3, -0.25) is 9.59 Å². The summed E-state index contributed by atoms with van der Waals surface area (Å²) < 4.78 is 0. The number of benzene rings is 1. The van der Waals surface area contributed by atoms with E-state index in [0.29, 0.717) is 13.0 Å². The Hall–Kier alpha value is -1.84. The van der Waals surface area contributed by atoms with Crippen LogP contribution in [-0.2, 0) is 16.1 Å². The molecule has 0 radical (unpaired) electrons. The van der Waals surface area contributed by atoms with Crippen LogP contribution in [0.3, 0.4) is 0 Å². The van der Waals surface area contributed by atoms with Crippen molar-refractivity contribution in [2.75, 3.05) is 6.54 Å². The zero-order chi connectivity index (χ0) is 12.7. The molecule has 3 rings (SSSR count). The van der Waals surface area contributed by atoms with Crippen LogP contribution in [0.4, 0.5) is 0 Å². The van der Waals surface area contributed by atoms with Gasteiger partial charge in [-0.25, -0.2) is 0 Å². The number of amides is 2. The predicted molar refractivity (Wildman–Crippen MR) is 66.5 cm³/mol. The number of aryl methyl sites for hydroxylation is 1. The average Bonchev–Trinajstić information content (AvgIpc) is 2.85. The summed E-state index contributed by atoms with van der Waals surface area (Å²) in [5.74, 6) is 0.174. The van der Waals surface area contributed by atoms with E-state index in [0.717, 1.165) is 12.0 Å². The Kier molecular flexibility index (Phi) is 2.58. The fraction of sp³-hybridized carbons (Fsp3) is 0.429.